The van der Waals surface area contributed by atoms with Crippen molar-refractivity contribution in [3.05, 3.63) is 29.3 Å². The number of hydrogen-bond acceptors (Lipinski definition) is 2. The summed E-state index contributed by atoms with van der Waals surface area (Å²) in [6, 6.07) is 2.36. The molecule has 0 aliphatic rings. The highest BCUT2D eigenvalue weighted by atomic mass is 19.1. The first-order valence-electron chi connectivity index (χ1n) is 4.18. The van der Waals surface area contributed by atoms with Crippen LogP contribution in [0.25, 0.3) is 0 Å². The van der Waals surface area contributed by atoms with E-state index in [0.29, 0.717) is 5.56 Å². The molecular formula is C10H13F2NO. The number of benzene rings is 1. The number of hydrogen-bond donors (Lipinski definition) is 1. The molecule has 0 saturated heterocycles. The largest absolute Gasteiger partial charge is 0.491 e. The van der Waals surface area contributed by atoms with Crippen molar-refractivity contribution in [1.82, 2.24) is 0 Å². The summed E-state index contributed by atoms with van der Waals surface area (Å²) in [5.74, 6) is -1.85. The molecule has 78 valence electrons. The second kappa shape index (κ2) is 3.53. The second-order valence-corrected chi connectivity index (χ2v) is 3.69. The van der Waals surface area contributed by atoms with Crippen molar-refractivity contribution in [2.75, 3.05) is 7.11 Å². The van der Waals surface area contributed by atoms with E-state index in [-0.39, 0.29) is 5.75 Å². The van der Waals surface area contributed by atoms with Gasteiger partial charge < -0.3 is 10.5 Å². The van der Waals surface area contributed by atoms with Gasteiger partial charge in [0.2, 0.25) is 0 Å². The van der Waals surface area contributed by atoms with Crippen LogP contribution >= 0.6 is 0 Å². The minimum atomic E-state index is -0.770. The zero-order valence-electron chi connectivity index (χ0n) is 8.40. The maximum Gasteiger partial charge on any atom is 0.190 e. The molecule has 4 heteroatoms. The van der Waals surface area contributed by atoms with Gasteiger partial charge in [0.05, 0.1) is 7.11 Å². The van der Waals surface area contributed by atoms with Crippen molar-refractivity contribution in [1.29, 1.82) is 0 Å². The molecule has 2 N–H and O–H groups in total. The molecule has 0 heterocycles. The van der Waals surface area contributed by atoms with Gasteiger partial charge in [0.15, 0.2) is 17.4 Å². The van der Waals surface area contributed by atoms with Crippen LogP contribution in [0, 0.1) is 11.6 Å². The highest BCUT2D eigenvalue weighted by Gasteiger charge is 2.19. The topological polar surface area (TPSA) is 35.2 Å². The van der Waals surface area contributed by atoms with E-state index in [0.717, 1.165) is 0 Å². The van der Waals surface area contributed by atoms with E-state index in [2.05, 4.69) is 4.74 Å². The summed E-state index contributed by atoms with van der Waals surface area (Å²) in [4.78, 5) is 0. The molecule has 0 unspecified atom stereocenters. The fraction of sp³-hybridized carbons (Fsp3) is 0.400. The zero-order valence-corrected chi connectivity index (χ0v) is 8.40. The summed E-state index contributed by atoms with van der Waals surface area (Å²) in [6.45, 7) is 3.35. The Hall–Kier alpha value is -1.16. The number of halogens is 2. The molecule has 1 aromatic carbocycles. The molecule has 0 aromatic heterocycles. The quantitative estimate of drug-likeness (QED) is 0.795. The van der Waals surface area contributed by atoms with E-state index in [1.807, 2.05) is 0 Å². The van der Waals surface area contributed by atoms with Crippen molar-refractivity contribution in [3.63, 3.8) is 0 Å². The van der Waals surface area contributed by atoms with Gasteiger partial charge in [-0.05, 0) is 31.5 Å². The summed E-state index contributed by atoms with van der Waals surface area (Å²) >= 11 is 0. The van der Waals surface area contributed by atoms with Crippen molar-refractivity contribution < 1.29 is 13.5 Å². The van der Waals surface area contributed by atoms with Crippen LogP contribution in [-0.2, 0) is 5.54 Å². The summed E-state index contributed by atoms with van der Waals surface area (Å²) in [5.41, 5.74) is 5.34. The summed E-state index contributed by atoms with van der Waals surface area (Å²) < 4.78 is 31.0. The molecular weight excluding hydrogens is 188 g/mol. The van der Waals surface area contributed by atoms with Crippen LogP contribution in [0.3, 0.4) is 0 Å². The van der Waals surface area contributed by atoms with Crippen LogP contribution in [0.4, 0.5) is 8.78 Å². The molecule has 1 rings (SSSR count). The molecule has 0 bridgehead atoms. The number of nitrogens with two attached hydrogens (primary N) is 1. The van der Waals surface area contributed by atoms with Gasteiger partial charge in [0.1, 0.15) is 0 Å². The van der Waals surface area contributed by atoms with E-state index in [9.17, 15) is 8.78 Å². The molecule has 0 amide bonds. The summed E-state index contributed by atoms with van der Waals surface area (Å²) in [7, 11) is 1.22. The van der Waals surface area contributed by atoms with Gasteiger partial charge in [0.25, 0.3) is 0 Å². The second-order valence-electron chi connectivity index (χ2n) is 3.69. The Labute approximate surface area is 81.7 Å². The molecule has 0 fully saturated rings. The predicted molar refractivity (Wildman–Crippen MR) is 50.1 cm³/mol. The highest BCUT2D eigenvalue weighted by molar-refractivity contribution is 5.34. The van der Waals surface area contributed by atoms with Gasteiger partial charge in [-0.2, -0.15) is 0 Å². The van der Waals surface area contributed by atoms with Crippen molar-refractivity contribution >= 4 is 0 Å². The Morgan fingerprint density at radius 2 is 1.64 bits per heavy atom. The third-order valence-corrected chi connectivity index (χ3v) is 1.95. The van der Waals surface area contributed by atoms with Crippen LogP contribution in [0.5, 0.6) is 5.75 Å². The van der Waals surface area contributed by atoms with Crippen LogP contribution in [-0.4, -0.2) is 7.11 Å². The standard InChI is InChI=1S/C10H13F2NO/c1-10(2,13)6-4-7(11)9(14-3)8(12)5-6/h4-5H,13H2,1-3H3. The van der Waals surface area contributed by atoms with Gasteiger partial charge >= 0.3 is 0 Å². The Morgan fingerprint density at radius 1 is 1.21 bits per heavy atom. The summed E-state index contributed by atoms with van der Waals surface area (Å²) in [6.07, 6.45) is 0. The lowest BCUT2D eigenvalue weighted by Gasteiger charge is -2.19. The number of rotatable bonds is 2. The van der Waals surface area contributed by atoms with Crippen LogP contribution in [0.1, 0.15) is 19.4 Å². The minimum Gasteiger partial charge on any atom is -0.491 e. The average Bonchev–Trinajstić information content (AvgIpc) is 2.01. The average molecular weight is 201 g/mol. The Morgan fingerprint density at radius 3 is 1.93 bits per heavy atom. The lowest BCUT2D eigenvalue weighted by molar-refractivity contribution is 0.357. The van der Waals surface area contributed by atoms with Crippen LogP contribution < -0.4 is 10.5 Å². The van der Waals surface area contributed by atoms with E-state index in [1.54, 1.807) is 13.8 Å². The van der Waals surface area contributed by atoms with E-state index in [1.165, 1.54) is 19.2 Å². The minimum absolute atomic E-state index is 0.377. The van der Waals surface area contributed by atoms with Gasteiger partial charge in [0, 0.05) is 5.54 Å². The predicted octanol–water partition coefficient (Wildman–Crippen LogP) is 2.17. The first kappa shape index (κ1) is 10.9. The van der Waals surface area contributed by atoms with Gasteiger partial charge in [-0.1, -0.05) is 0 Å². The number of ether oxygens (including phenoxy) is 1. The highest BCUT2D eigenvalue weighted by Crippen LogP contribution is 2.27. The lowest BCUT2D eigenvalue weighted by atomic mass is 9.95. The fourth-order valence-electron chi connectivity index (χ4n) is 1.13. The van der Waals surface area contributed by atoms with Crippen LogP contribution in [0.15, 0.2) is 12.1 Å². The SMILES string of the molecule is COc1c(F)cc(C(C)(C)N)cc1F. The van der Waals surface area contributed by atoms with Gasteiger partial charge in [-0.15, -0.1) is 0 Å². The Kier molecular flexibility index (Phi) is 2.76. The maximum atomic E-state index is 13.2. The molecule has 14 heavy (non-hydrogen) atoms. The molecule has 0 atom stereocenters. The maximum absolute atomic E-state index is 13.2. The first-order valence-corrected chi connectivity index (χ1v) is 4.18. The van der Waals surface area contributed by atoms with Crippen molar-refractivity contribution in [2.24, 2.45) is 5.73 Å². The van der Waals surface area contributed by atoms with Gasteiger partial charge in [-0.25, -0.2) is 8.78 Å². The third kappa shape index (κ3) is 2.01. The normalized spacial score (nSPS) is 11.6. The van der Waals surface area contributed by atoms with Crippen LogP contribution in [0.2, 0.25) is 0 Å². The molecule has 0 aliphatic heterocycles. The Bertz CT molecular complexity index is 321. The zero-order chi connectivity index (χ0) is 10.9. The van der Waals surface area contributed by atoms with E-state index >= 15 is 0 Å². The molecule has 2 nitrogen and oxygen atoms in total. The molecule has 0 spiro atoms. The first-order chi connectivity index (χ1) is 6.36. The van der Waals surface area contributed by atoms with Gasteiger partial charge in [-0.3, -0.25) is 0 Å². The molecule has 0 aliphatic carbocycles. The van der Waals surface area contributed by atoms with E-state index < -0.39 is 17.2 Å². The fourth-order valence-corrected chi connectivity index (χ4v) is 1.13. The van der Waals surface area contributed by atoms with E-state index in [4.69, 9.17) is 5.73 Å². The smallest absolute Gasteiger partial charge is 0.190 e. The summed E-state index contributed by atoms with van der Waals surface area (Å²) in [5, 5.41) is 0. The van der Waals surface area contributed by atoms with Crippen molar-refractivity contribution in [2.45, 2.75) is 19.4 Å². The monoisotopic (exact) mass is 201 g/mol. The molecule has 1 aromatic rings. The molecule has 0 radical (unpaired) electrons. The number of methoxy groups -OCH3 is 1. The third-order valence-electron chi connectivity index (χ3n) is 1.95. The van der Waals surface area contributed by atoms with Crippen molar-refractivity contribution in [3.8, 4) is 5.75 Å². The Balaban J connectivity index is 3.28. The molecule has 0 saturated carbocycles. The lowest BCUT2D eigenvalue weighted by Crippen LogP contribution is -2.29.